The maximum atomic E-state index is 12.3. The quantitative estimate of drug-likeness (QED) is 0.771. The van der Waals surface area contributed by atoms with Gasteiger partial charge in [-0.15, -0.1) is 0 Å². The van der Waals surface area contributed by atoms with Crippen molar-refractivity contribution >= 4 is 5.97 Å². The predicted molar refractivity (Wildman–Crippen MR) is 52.0 cm³/mol. The molecular formula is C10H16F3NO2. The van der Waals surface area contributed by atoms with Crippen LogP contribution in [-0.2, 0) is 4.79 Å². The second-order valence-electron chi connectivity index (χ2n) is 4.81. The standard InChI is InChI=1S/C10H16F3NO2/c1-9(2,6-3-4-6)14-5-7(8(15)16)10(11,12)13/h6-7,14H,3-5H2,1-2H3,(H,15,16). The highest BCUT2D eigenvalue weighted by atomic mass is 19.4. The molecule has 16 heavy (non-hydrogen) atoms. The zero-order valence-corrected chi connectivity index (χ0v) is 9.27. The Kier molecular flexibility index (Phi) is 3.52. The first kappa shape index (κ1) is 13.3. The van der Waals surface area contributed by atoms with Crippen LogP contribution in [0, 0.1) is 11.8 Å². The number of halogens is 3. The maximum Gasteiger partial charge on any atom is 0.403 e. The van der Waals surface area contributed by atoms with Crippen molar-refractivity contribution in [3.63, 3.8) is 0 Å². The summed E-state index contributed by atoms with van der Waals surface area (Å²) in [6.45, 7) is 3.04. The molecule has 0 aliphatic heterocycles. The van der Waals surface area contributed by atoms with Gasteiger partial charge in [-0.25, -0.2) is 0 Å². The van der Waals surface area contributed by atoms with E-state index in [1.807, 2.05) is 0 Å². The molecule has 1 aliphatic carbocycles. The molecule has 0 bridgehead atoms. The Balaban J connectivity index is 2.53. The monoisotopic (exact) mass is 239 g/mol. The van der Waals surface area contributed by atoms with Crippen molar-refractivity contribution in [1.82, 2.24) is 5.32 Å². The summed E-state index contributed by atoms with van der Waals surface area (Å²) in [7, 11) is 0. The van der Waals surface area contributed by atoms with Crippen molar-refractivity contribution < 1.29 is 23.1 Å². The van der Waals surface area contributed by atoms with Crippen LogP contribution in [0.1, 0.15) is 26.7 Å². The van der Waals surface area contributed by atoms with Crippen LogP contribution in [0.5, 0.6) is 0 Å². The van der Waals surface area contributed by atoms with Gasteiger partial charge < -0.3 is 10.4 Å². The average molecular weight is 239 g/mol. The van der Waals surface area contributed by atoms with E-state index in [1.54, 1.807) is 13.8 Å². The normalized spacial score (nSPS) is 19.6. The lowest BCUT2D eigenvalue weighted by atomic mass is 9.97. The van der Waals surface area contributed by atoms with Crippen LogP contribution in [0.25, 0.3) is 0 Å². The summed E-state index contributed by atoms with van der Waals surface area (Å²) in [6.07, 6.45) is -2.72. The number of rotatable bonds is 5. The SMILES string of the molecule is CC(C)(NCC(C(=O)O)C(F)(F)F)C1CC1. The topological polar surface area (TPSA) is 49.3 Å². The van der Waals surface area contributed by atoms with Gasteiger partial charge in [0, 0.05) is 12.1 Å². The number of carbonyl (C=O) groups is 1. The Hall–Kier alpha value is -0.780. The fourth-order valence-electron chi connectivity index (χ4n) is 1.66. The van der Waals surface area contributed by atoms with Gasteiger partial charge in [-0.2, -0.15) is 13.2 Å². The van der Waals surface area contributed by atoms with Crippen molar-refractivity contribution in [3.05, 3.63) is 0 Å². The molecule has 0 aromatic rings. The summed E-state index contributed by atoms with van der Waals surface area (Å²) in [5.41, 5.74) is -0.418. The summed E-state index contributed by atoms with van der Waals surface area (Å²) >= 11 is 0. The van der Waals surface area contributed by atoms with Gasteiger partial charge in [-0.05, 0) is 32.6 Å². The maximum absolute atomic E-state index is 12.3. The first-order chi connectivity index (χ1) is 7.14. The zero-order valence-electron chi connectivity index (χ0n) is 9.27. The van der Waals surface area contributed by atoms with Crippen LogP contribution >= 0.6 is 0 Å². The Labute approximate surface area is 92.0 Å². The number of hydrogen-bond acceptors (Lipinski definition) is 2. The molecule has 0 saturated heterocycles. The largest absolute Gasteiger partial charge is 0.481 e. The summed E-state index contributed by atoms with van der Waals surface area (Å²) in [5, 5.41) is 11.2. The van der Waals surface area contributed by atoms with Crippen LogP contribution in [0.3, 0.4) is 0 Å². The van der Waals surface area contributed by atoms with Crippen LogP contribution in [0.15, 0.2) is 0 Å². The van der Waals surface area contributed by atoms with Crippen molar-refractivity contribution in [2.45, 2.75) is 38.4 Å². The molecule has 0 aromatic carbocycles. The van der Waals surface area contributed by atoms with Crippen LogP contribution < -0.4 is 5.32 Å². The lowest BCUT2D eigenvalue weighted by molar-refractivity contribution is -0.193. The molecule has 6 heteroatoms. The first-order valence-electron chi connectivity index (χ1n) is 5.19. The molecule has 94 valence electrons. The molecule has 3 nitrogen and oxygen atoms in total. The highest BCUT2D eigenvalue weighted by Crippen LogP contribution is 2.39. The minimum atomic E-state index is -4.70. The smallest absolute Gasteiger partial charge is 0.403 e. The number of carboxylic acid groups (broad SMARTS) is 1. The third kappa shape index (κ3) is 3.37. The lowest BCUT2D eigenvalue weighted by Crippen LogP contribution is -2.48. The van der Waals surface area contributed by atoms with Gasteiger partial charge in [-0.3, -0.25) is 4.79 Å². The molecule has 2 N–H and O–H groups in total. The van der Waals surface area contributed by atoms with Gasteiger partial charge in [0.1, 0.15) is 0 Å². The highest BCUT2D eigenvalue weighted by Gasteiger charge is 2.46. The molecule has 0 radical (unpaired) electrons. The highest BCUT2D eigenvalue weighted by molar-refractivity contribution is 5.71. The van der Waals surface area contributed by atoms with Crippen molar-refractivity contribution in [2.75, 3.05) is 6.54 Å². The number of aliphatic carboxylic acids is 1. The molecule has 1 fully saturated rings. The van der Waals surface area contributed by atoms with Gasteiger partial charge in [-0.1, -0.05) is 0 Å². The van der Waals surface area contributed by atoms with Gasteiger partial charge in [0.15, 0.2) is 5.92 Å². The summed E-state index contributed by atoms with van der Waals surface area (Å²) < 4.78 is 37.0. The molecular weight excluding hydrogens is 223 g/mol. The van der Waals surface area contributed by atoms with Gasteiger partial charge in [0.25, 0.3) is 0 Å². The van der Waals surface area contributed by atoms with Gasteiger partial charge in [0.05, 0.1) is 0 Å². The van der Waals surface area contributed by atoms with E-state index in [2.05, 4.69) is 5.32 Å². The van der Waals surface area contributed by atoms with E-state index in [0.29, 0.717) is 5.92 Å². The van der Waals surface area contributed by atoms with Gasteiger partial charge >= 0.3 is 12.1 Å². The summed E-state index contributed by atoms with van der Waals surface area (Å²) in [4.78, 5) is 10.5. The second-order valence-corrected chi connectivity index (χ2v) is 4.81. The number of carboxylic acids is 1. The molecule has 1 aliphatic rings. The molecule has 0 heterocycles. The Morgan fingerprint density at radius 3 is 2.25 bits per heavy atom. The number of nitrogens with one attached hydrogen (secondary N) is 1. The third-order valence-electron chi connectivity index (χ3n) is 3.05. The van der Waals surface area contributed by atoms with Crippen molar-refractivity contribution in [2.24, 2.45) is 11.8 Å². The predicted octanol–water partition coefficient (Wildman–Crippen LogP) is 2.03. The molecule has 1 atom stereocenters. The molecule has 1 rings (SSSR count). The lowest BCUT2D eigenvalue weighted by Gasteiger charge is -2.28. The molecule has 0 amide bonds. The molecule has 0 spiro atoms. The fourth-order valence-corrected chi connectivity index (χ4v) is 1.66. The van der Waals surface area contributed by atoms with Crippen LogP contribution in [0.4, 0.5) is 13.2 Å². The van der Waals surface area contributed by atoms with E-state index >= 15 is 0 Å². The van der Waals surface area contributed by atoms with Crippen LogP contribution in [-0.4, -0.2) is 29.3 Å². The average Bonchev–Trinajstić information content (AvgIpc) is 2.81. The fraction of sp³-hybridized carbons (Fsp3) is 0.900. The Morgan fingerprint density at radius 1 is 1.44 bits per heavy atom. The minimum absolute atomic E-state index is 0.357. The van der Waals surface area contributed by atoms with Crippen LogP contribution in [0.2, 0.25) is 0 Å². The zero-order chi connectivity index (χ0) is 12.6. The van der Waals surface area contributed by atoms with Crippen molar-refractivity contribution in [1.29, 1.82) is 0 Å². The summed E-state index contributed by atoms with van der Waals surface area (Å²) in [5.74, 6) is -3.80. The van der Waals surface area contributed by atoms with E-state index < -0.39 is 30.1 Å². The number of hydrogen-bond donors (Lipinski definition) is 2. The van der Waals surface area contributed by atoms with E-state index in [4.69, 9.17) is 5.11 Å². The Bertz CT molecular complexity index is 272. The minimum Gasteiger partial charge on any atom is -0.481 e. The first-order valence-corrected chi connectivity index (χ1v) is 5.19. The Morgan fingerprint density at radius 2 is 1.94 bits per heavy atom. The molecule has 1 unspecified atom stereocenters. The van der Waals surface area contributed by atoms with E-state index in [-0.39, 0.29) is 0 Å². The van der Waals surface area contributed by atoms with E-state index in [1.165, 1.54) is 0 Å². The van der Waals surface area contributed by atoms with Crippen molar-refractivity contribution in [3.8, 4) is 0 Å². The molecule has 0 aromatic heterocycles. The van der Waals surface area contributed by atoms with E-state index in [0.717, 1.165) is 12.8 Å². The van der Waals surface area contributed by atoms with Gasteiger partial charge in [0.2, 0.25) is 0 Å². The third-order valence-corrected chi connectivity index (χ3v) is 3.05. The molecule has 1 saturated carbocycles. The van der Waals surface area contributed by atoms with E-state index in [9.17, 15) is 18.0 Å². The summed E-state index contributed by atoms with van der Waals surface area (Å²) in [6, 6.07) is 0. The second kappa shape index (κ2) is 4.24. The number of alkyl halides is 3.